The second-order valence-electron chi connectivity index (χ2n) is 3.76. The molecule has 0 unspecified atom stereocenters. The maximum atomic E-state index is 5.55. The molecule has 3 heteroatoms. The van der Waals surface area contributed by atoms with Crippen molar-refractivity contribution >= 4 is 0 Å². The van der Waals surface area contributed by atoms with Gasteiger partial charge in [0.25, 0.3) is 0 Å². The molecule has 1 N–H and O–H groups in total. The summed E-state index contributed by atoms with van der Waals surface area (Å²) in [6.07, 6.45) is -0.238. The van der Waals surface area contributed by atoms with Crippen molar-refractivity contribution in [1.29, 1.82) is 0 Å². The quantitative estimate of drug-likeness (QED) is 0.705. The zero-order chi connectivity index (χ0) is 12.5. The Hall–Kier alpha value is -0.900. The van der Waals surface area contributed by atoms with Crippen molar-refractivity contribution in [2.45, 2.75) is 33.6 Å². The first-order valence-corrected chi connectivity index (χ1v) is 6.34. The minimum absolute atomic E-state index is 0.238. The molecule has 1 rings (SSSR count). The lowest BCUT2D eigenvalue weighted by atomic mass is 10.1. The Kier molecular flexibility index (Phi) is 6.86. The zero-order valence-corrected chi connectivity index (χ0v) is 11.0. The van der Waals surface area contributed by atoms with Gasteiger partial charge in [0, 0.05) is 25.3 Å². The fourth-order valence-corrected chi connectivity index (χ4v) is 1.61. The largest absolute Gasteiger partial charge is 0.349 e. The molecule has 0 bridgehead atoms. The number of hydrogen-bond donors (Lipinski definition) is 1. The number of hydrogen-bond acceptors (Lipinski definition) is 3. The molecule has 0 radical (unpaired) electrons. The van der Waals surface area contributed by atoms with Crippen molar-refractivity contribution in [3.8, 4) is 0 Å². The minimum Gasteiger partial charge on any atom is -0.349 e. The summed E-state index contributed by atoms with van der Waals surface area (Å²) >= 11 is 0. The van der Waals surface area contributed by atoms with Crippen LogP contribution in [0.4, 0.5) is 0 Å². The Balaban J connectivity index is 2.63. The van der Waals surface area contributed by atoms with Gasteiger partial charge in [-0.25, -0.2) is 0 Å². The molecule has 1 aromatic rings. The summed E-state index contributed by atoms with van der Waals surface area (Å²) in [6.45, 7) is 9.27. The first-order chi connectivity index (χ1) is 8.31. The Morgan fingerprint density at radius 2 is 1.59 bits per heavy atom. The Morgan fingerprint density at radius 3 is 2.06 bits per heavy atom. The maximum Gasteiger partial charge on any atom is 0.183 e. The van der Waals surface area contributed by atoms with Crippen LogP contribution in [0.1, 0.15) is 38.2 Å². The smallest absolute Gasteiger partial charge is 0.183 e. The zero-order valence-electron chi connectivity index (χ0n) is 11.0. The first-order valence-electron chi connectivity index (χ1n) is 6.34. The molecule has 0 aliphatic heterocycles. The van der Waals surface area contributed by atoms with Gasteiger partial charge in [0.15, 0.2) is 6.29 Å². The molecule has 0 aliphatic rings. The average molecular weight is 237 g/mol. The molecular formula is C14H23NO2. The van der Waals surface area contributed by atoms with Gasteiger partial charge in [-0.2, -0.15) is 0 Å². The van der Waals surface area contributed by atoms with Crippen molar-refractivity contribution in [3.05, 3.63) is 35.4 Å². The molecular weight excluding hydrogens is 214 g/mol. The predicted octanol–water partition coefficient (Wildman–Crippen LogP) is 2.87. The standard InChI is InChI=1S/C14H23NO2/c1-4-15-11-12-7-9-13(10-8-12)14(16-5-2)17-6-3/h7-10,14-15H,4-6,11H2,1-3H3. The highest BCUT2D eigenvalue weighted by atomic mass is 16.7. The van der Waals surface area contributed by atoms with Crippen LogP contribution < -0.4 is 5.32 Å². The summed E-state index contributed by atoms with van der Waals surface area (Å²) in [5.74, 6) is 0. The Bertz CT molecular complexity index is 292. The highest BCUT2D eigenvalue weighted by molar-refractivity contribution is 5.23. The van der Waals surface area contributed by atoms with E-state index in [2.05, 4.69) is 36.5 Å². The summed E-state index contributed by atoms with van der Waals surface area (Å²) in [4.78, 5) is 0. The van der Waals surface area contributed by atoms with E-state index in [1.54, 1.807) is 0 Å². The Morgan fingerprint density at radius 1 is 1.00 bits per heavy atom. The van der Waals surface area contributed by atoms with E-state index in [9.17, 15) is 0 Å². The summed E-state index contributed by atoms with van der Waals surface area (Å²) in [5, 5.41) is 3.30. The Labute approximate surface area is 104 Å². The predicted molar refractivity (Wildman–Crippen MR) is 69.8 cm³/mol. The summed E-state index contributed by atoms with van der Waals surface area (Å²) < 4.78 is 11.1. The summed E-state index contributed by atoms with van der Waals surface area (Å²) in [5.41, 5.74) is 2.36. The minimum atomic E-state index is -0.238. The third kappa shape index (κ3) is 4.86. The SMILES string of the molecule is CCNCc1ccc(C(OCC)OCC)cc1. The van der Waals surface area contributed by atoms with Crippen LogP contribution >= 0.6 is 0 Å². The van der Waals surface area contributed by atoms with Gasteiger partial charge in [-0.05, 0) is 26.0 Å². The van der Waals surface area contributed by atoms with Crippen molar-refractivity contribution < 1.29 is 9.47 Å². The third-order valence-corrected chi connectivity index (χ3v) is 2.47. The summed E-state index contributed by atoms with van der Waals surface area (Å²) in [7, 11) is 0. The lowest BCUT2D eigenvalue weighted by Gasteiger charge is -2.17. The molecule has 0 aromatic heterocycles. The van der Waals surface area contributed by atoms with Gasteiger partial charge in [0.1, 0.15) is 0 Å². The van der Waals surface area contributed by atoms with E-state index in [0.29, 0.717) is 13.2 Å². The number of benzene rings is 1. The summed E-state index contributed by atoms with van der Waals surface area (Å²) in [6, 6.07) is 8.37. The molecule has 96 valence electrons. The van der Waals surface area contributed by atoms with Gasteiger partial charge < -0.3 is 14.8 Å². The lowest BCUT2D eigenvalue weighted by molar-refractivity contribution is -0.140. The number of nitrogens with one attached hydrogen (secondary N) is 1. The van der Waals surface area contributed by atoms with Crippen molar-refractivity contribution in [2.75, 3.05) is 19.8 Å². The van der Waals surface area contributed by atoms with Gasteiger partial charge in [-0.1, -0.05) is 31.2 Å². The number of ether oxygens (including phenoxy) is 2. The van der Waals surface area contributed by atoms with Crippen LogP contribution in [-0.2, 0) is 16.0 Å². The van der Waals surface area contributed by atoms with Gasteiger partial charge in [-0.15, -0.1) is 0 Å². The fraction of sp³-hybridized carbons (Fsp3) is 0.571. The average Bonchev–Trinajstić information content (AvgIpc) is 2.37. The van der Waals surface area contributed by atoms with Crippen molar-refractivity contribution in [1.82, 2.24) is 5.32 Å². The van der Waals surface area contributed by atoms with Crippen molar-refractivity contribution in [3.63, 3.8) is 0 Å². The van der Waals surface area contributed by atoms with Crippen LogP contribution in [0.25, 0.3) is 0 Å². The van der Waals surface area contributed by atoms with Crippen LogP contribution in [0.5, 0.6) is 0 Å². The van der Waals surface area contributed by atoms with Gasteiger partial charge in [-0.3, -0.25) is 0 Å². The second-order valence-corrected chi connectivity index (χ2v) is 3.76. The van der Waals surface area contributed by atoms with Crippen LogP contribution in [-0.4, -0.2) is 19.8 Å². The maximum absolute atomic E-state index is 5.55. The van der Waals surface area contributed by atoms with Gasteiger partial charge in [0.05, 0.1) is 0 Å². The first kappa shape index (κ1) is 14.2. The van der Waals surface area contributed by atoms with E-state index in [1.165, 1.54) is 5.56 Å². The van der Waals surface area contributed by atoms with E-state index in [0.717, 1.165) is 18.7 Å². The molecule has 0 heterocycles. The van der Waals surface area contributed by atoms with Crippen LogP contribution in [0.2, 0.25) is 0 Å². The third-order valence-electron chi connectivity index (χ3n) is 2.47. The highest BCUT2D eigenvalue weighted by Crippen LogP contribution is 2.19. The lowest BCUT2D eigenvalue weighted by Crippen LogP contribution is -2.12. The van der Waals surface area contributed by atoms with Crippen LogP contribution in [0.3, 0.4) is 0 Å². The molecule has 17 heavy (non-hydrogen) atoms. The second kappa shape index (κ2) is 8.23. The van der Waals surface area contributed by atoms with E-state index in [1.807, 2.05) is 13.8 Å². The van der Waals surface area contributed by atoms with Crippen molar-refractivity contribution in [2.24, 2.45) is 0 Å². The normalized spacial score (nSPS) is 11.1. The van der Waals surface area contributed by atoms with Crippen LogP contribution in [0.15, 0.2) is 24.3 Å². The number of rotatable bonds is 8. The topological polar surface area (TPSA) is 30.5 Å². The van der Waals surface area contributed by atoms with Crippen LogP contribution in [0, 0.1) is 0 Å². The van der Waals surface area contributed by atoms with E-state index in [4.69, 9.17) is 9.47 Å². The molecule has 0 spiro atoms. The molecule has 0 aliphatic carbocycles. The van der Waals surface area contributed by atoms with Gasteiger partial charge >= 0.3 is 0 Å². The molecule has 0 atom stereocenters. The molecule has 0 amide bonds. The monoisotopic (exact) mass is 237 g/mol. The van der Waals surface area contributed by atoms with E-state index in [-0.39, 0.29) is 6.29 Å². The fourth-order valence-electron chi connectivity index (χ4n) is 1.61. The van der Waals surface area contributed by atoms with E-state index >= 15 is 0 Å². The van der Waals surface area contributed by atoms with Gasteiger partial charge in [0.2, 0.25) is 0 Å². The molecule has 0 fully saturated rings. The highest BCUT2D eigenvalue weighted by Gasteiger charge is 2.10. The molecule has 1 aromatic carbocycles. The molecule has 3 nitrogen and oxygen atoms in total. The molecule has 0 saturated heterocycles. The van der Waals surface area contributed by atoms with E-state index < -0.39 is 0 Å². The molecule has 0 saturated carbocycles.